The summed E-state index contributed by atoms with van der Waals surface area (Å²) in [6.07, 6.45) is 60.7. The number of carbonyl (C=O) groups excluding carboxylic acids is 3. The Balaban J connectivity index is 4.40. The third-order valence-electron chi connectivity index (χ3n) is 11.1. The fraction of sp³-hybridized carbons (Fsp3) is 0.764. The Morgan fingerprint density at radius 1 is 0.344 bits per heavy atom. The zero-order valence-electron chi connectivity index (χ0n) is 40.2. The van der Waals surface area contributed by atoms with Crippen molar-refractivity contribution >= 4 is 17.9 Å². The Kier molecular flexibility index (Phi) is 47.4. The predicted molar refractivity (Wildman–Crippen MR) is 261 cm³/mol. The summed E-state index contributed by atoms with van der Waals surface area (Å²) in [5.74, 6) is -0.944. The van der Waals surface area contributed by atoms with Gasteiger partial charge in [-0.05, 0) is 64.2 Å². The van der Waals surface area contributed by atoms with Crippen molar-refractivity contribution in [3.63, 3.8) is 0 Å². The molecule has 0 saturated heterocycles. The number of rotatable bonds is 46. The molecule has 352 valence electrons. The molecule has 0 aliphatic heterocycles. The van der Waals surface area contributed by atoms with Gasteiger partial charge in [0.2, 0.25) is 0 Å². The average molecular weight is 853 g/mol. The normalized spacial score (nSPS) is 12.5. The molecule has 1 atom stereocenters. The molecule has 1 unspecified atom stereocenters. The molecule has 0 radical (unpaired) electrons. The van der Waals surface area contributed by atoms with Crippen LogP contribution in [0.15, 0.2) is 60.8 Å². The fourth-order valence-electron chi connectivity index (χ4n) is 7.21. The van der Waals surface area contributed by atoms with Crippen molar-refractivity contribution in [3.05, 3.63) is 60.8 Å². The van der Waals surface area contributed by atoms with Crippen molar-refractivity contribution in [1.82, 2.24) is 0 Å². The zero-order chi connectivity index (χ0) is 44.4. The van der Waals surface area contributed by atoms with Gasteiger partial charge in [0.05, 0.1) is 0 Å². The molecular formula is C55H96O6. The number of allylic oxidation sites excluding steroid dienone is 10. The van der Waals surface area contributed by atoms with Crippen molar-refractivity contribution < 1.29 is 28.6 Å². The highest BCUT2D eigenvalue weighted by Crippen LogP contribution is 2.15. The second-order valence-electron chi connectivity index (χ2n) is 17.1. The van der Waals surface area contributed by atoms with E-state index in [2.05, 4.69) is 45.1 Å². The summed E-state index contributed by atoms with van der Waals surface area (Å²) in [5.41, 5.74) is 0. The molecule has 0 aromatic carbocycles. The van der Waals surface area contributed by atoms with Gasteiger partial charge in [0.15, 0.2) is 6.10 Å². The molecule has 0 spiro atoms. The lowest BCUT2D eigenvalue weighted by molar-refractivity contribution is -0.167. The number of hydrogen-bond acceptors (Lipinski definition) is 6. The highest BCUT2D eigenvalue weighted by molar-refractivity contribution is 5.71. The number of ether oxygens (including phenoxy) is 3. The van der Waals surface area contributed by atoms with E-state index in [0.717, 1.165) is 83.5 Å². The summed E-state index contributed by atoms with van der Waals surface area (Å²) in [6, 6.07) is 0. The van der Waals surface area contributed by atoms with E-state index in [1.807, 2.05) is 36.5 Å². The van der Waals surface area contributed by atoms with E-state index >= 15 is 0 Å². The minimum Gasteiger partial charge on any atom is -0.462 e. The van der Waals surface area contributed by atoms with Crippen LogP contribution in [0.25, 0.3) is 0 Å². The largest absolute Gasteiger partial charge is 0.462 e. The van der Waals surface area contributed by atoms with Gasteiger partial charge >= 0.3 is 17.9 Å². The monoisotopic (exact) mass is 853 g/mol. The molecule has 0 N–H and O–H groups in total. The van der Waals surface area contributed by atoms with Crippen molar-refractivity contribution in [2.75, 3.05) is 13.2 Å². The quantitative estimate of drug-likeness (QED) is 0.0200. The molecule has 0 fully saturated rings. The molecule has 0 aromatic heterocycles. The number of unbranched alkanes of at least 4 members (excludes halogenated alkanes) is 28. The Morgan fingerprint density at radius 2 is 0.656 bits per heavy atom. The fourth-order valence-corrected chi connectivity index (χ4v) is 7.21. The molecule has 0 aromatic rings. The minimum atomic E-state index is -0.797. The predicted octanol–water partition coefficient (Wildman–Crippen LogP) is 16.9. The first-order valence-corrected chi connectivity index (χ1v) is 25.8. The molecule has 6 heteroatoms. The van der Waals surface area contributed by atoms with E-state index in [1.54, 1.807) is 0 Å². The molecule has 0 heterocycles. The Hall–Kier alpha value is -2.89. The average Bonchev–Trinajstić information content (AvgIpc) is 3.26. The van der Waals surface area contributed by atoms with Crippen LogP contribution in [0.2, 0.25) is 0 Å². The van der Waals surface area contributed by atoms with Crippen LogP contribution < -0.4 is 0 Å². The van der Waals surface area contributed by atoms with Crippen LogP contribution in [-0.2, 0) is 28.6 Å². The van der Waals surface area contributed by atoms with Crippen molar-refractivity contribution in [2.24, 2.45) is 0 Å². The van der Waals surface area contributed by atoms with E-state index in [4.69, 9.17) is 14.2 Å². The molecule has 6 nitrogen and oxygen atoms in total. The Labute approximate surface area is 377 Å². The van der Waals surface area contributed by atoms with Crippen LogP contribution in [-0.4, -0.2) is 37.2 Å². The Bertz CT molecular complexity index is 1120. The number of hydrogen-bond donors (Lipinski definition) is 0. The summed E-state index contributed by atoms with van der Waals surface area (Å²) in [4.78, 5) is 37.9. The summed E-state index contributed by atoms with van der Waals surface area (Å²) in [5, 5.41) is 0. The van der Waals surface area contributed by atoms with Crippen molar-refractivity contribution in [3.8, 4) is 0 Å². The van der Waals surface area contributed by atoms with E-state index in [1.165, 1.54) is 128 Å². The van der Waals surface area contributed by atoms with Gasteiger partial charge in [0.1, 0.15) is 13.2 Å². The number of carbonyl (C=O) groups is 3. The van der Waals surface area contributed by atoms with E-state index in [0.29, 0.717) is 12.8 Å². The molecule has 61 heavy (non-hydrogen) atoms. The lowest BCUT2D eigenvalue weighted by atomic mass is 10.0. The summed E-state index contributed by atoms with van der Waals surface area (Å²) in [7, 11) is 0. The zero-order valence-corrected chi connectivity index (χ0v) is 40.2. The standard InChI is InChI=1S/C55H96O6/c1-4-7-10-13-16-19-22-25-26-27-28-31-33-36-39-42-45-48-54(57)60-51-52(61-55(58)49-46-43-40-37-34-30-24-21-18-15-12-9-6-3)50-59-53(56)47-44-41-38-35-32-29-23-20-17-14-11-8-5-2/h9,12,15,18,21,24,29-30,32,34,52H,4-8,10-11,13-14,16-17,19-20,22-23,25-28,31,33,35-51H2,1-3H3/b12-9+,18-15+,24-21+,32-29+,34-30+. The van der Waals surface area contributed by atoms with E-state index < -0.39 is 6.10 Å². The first-order valence-electron chi connectivity index (χ1n) is 25.8. The number of esters is 3. The second kappa shape index (κ2) is 49.8. The molecule has 0 aliphatic carbocycles. The lowest BCUT2D eigenvalue weighted by Gasteiger charge is -2.18. The van der Waals surface area contributed by atoms with Gasteiger partial charge in [-0.3, -0.25) is 14.4 Å². The third-order valence-corrected chi connectivity index (χ3v) is 11.1. The first-order chi connectivity index (χ1) is 30.0. The van der Waals surface area contributed by atoms with Crippen LogP contribution in [0.3, 0.4) is 0 Å². The van der Waals surface area contributed by atoms with E-state index in [9.17, 15) is 14.4 Å². The minimum absolute atomic E-state index is 0.0930. The van der Waals surface area contributed by atoms with E-state index in [-0.39, 0.29) is 37.5 Å². The van der Waals surface area contributed by atoms with Gasteiger partial charge in [0.25, 0.3) is 0 Å². The molecular weight excluding hydrogens is 757 g/mol. The highest BCUT2D eigenvalue weighted by Gasteiger charge is 2.19. The maximum absolute atomic E-state index is 12.8. The van der Waals surface area contributed by atoms with Gasteiger partial charge in [-0.15, -0.1) is 0 Å². The topological polar surface area (TPSA) is 78.9 Å². The molecule has 0 aliphatic rings. The van der Waals surface area contributed by atoms with Crippen LogP contribution >= 0.6 is 0 Å². The van der Waals surface area contributed by atoms with Gasteiger partial charge in [0, 0.05) is 19.3 Å². The second-order valence-corrected chi connectivity index (χ2v) is 17.1. The highest BCUT2D eigenvalue weighted by atomic mass is 16.6. The maximum atomic E-state index is 12.8. The van der Waals surface area contributed by atoms with Gasteiger partial charge in [-0.1, -0.05) is 229 Å². The smallest absolute Gasteiger partial charge is 0.306 e. The molecule has 0 saturated carbocycles. The van der Waals surface area contributed by atoms with Gasteiger partial charge < -0.3 is 14.2 Å². The maximum Gasteiger partial charge on any atom is 0.306 e. The summed E-state index contributed by atoms with van der Waals surface area (Å²) < 4.78 is 16.7. The van der Waals surface area contributed by atoms with Crippen molar-refractivity contribution in [2.45, 2.75) is 258 Å². The molecule has 0 rings (SSSR count). The Morgan fingerprint density at radius 3 is 1.07 bits per heavy atom. The molecule has 0 amide bonds. The summed E-state index contributed by atoms with van der Waals surface area (Å²) in [6.45, 7) is 6.45. The SMILES string of the molecule is CC/C=C/C=C/C=C/C=C/CCCCCC(=O)OC(COC(=O)CCCCC/C=C/CCCCCCCC)COC(=O)CCCCCCCCCCCCCCCCCCC. The van der Waals surface area contributed by atoms with Gasteiger partial charge in [-0.2, -0.15) is 0 Å². The van der Waals surface area contributed by atoms with Crippen LogP contribution in [0.1, 0.15) is 252 Å². The lowest BCUT2D eigenvalue weighted by Crippen LogP contribution is -2.30. The van der Waals surface area contributed by atoms with Crippen LogP contribution in [0.5, 0.6) is 0 Å². The van der Waals surface area contributed by atoms with Gasteiger partial charge in [-0.25, -0.2) is 0 Å². The molecule has 0 bridgehead atoms. The third kappa shape index (κ3) is 48.0. The summed E-state index contributed by atoms with van der Waals surface area (Å²) >= 11 is 0. The van der Waals surface area contributed by atoms with Crippen LogP contribution in [0.4, 0.5) is 0 Å². The van der Waals surface area contributed by atoms with Crippen molar-refractivity contribution in [1.29, 1.82) is 0 Å². The van der Waals surface area contributed by atoms with Crippen LogP contribution in [0, 0.1) is 0 Å². The first kappa shape index (κ1) is 58.1.